The Morgan fingerprint density at radius 2 is 2.08 bits per heavy atom. The third-order valence-electron chi connectivity index (χ3n) is 1.62. The van der Waals surface area contributed by atoms with Gasteiger partial charge < -0.3 is 0 Å². The number of alkyl halides is 1. The van der Waals surface area contributed by atoms with E-state index in [1.165, 1.54) is 6.07 Å². The Hall–Kier alpha value is 0.110. The second-order valence-electron chi connectivity index (χ2n) is 2.49. The first-order valence-electron chi connectivity index (χ1n) is 3.74. The first-order valence-corrected chi connectivity index (χ1v) is 5.66. The molecule has 0 aliphatic heterocycles. The van der Waals surface area contributed by atoms with Crippen LogP contribution >= 0.6 is 31.9 Å². The number of hydrogen-bond acceptors (Lipinski definition) is 0. The summed E-state index contributed by atoms with van der Waals surface area (Å²) in [4.78, 5) is 0. The minimum absolute atomic E-state index is 0.120. The molecule has 0 aliphatic carbocycles. The van der Waals surface area contributed by atoms with Gasteiger partial charge in [0.25, 0.3) is 0 Å². The number of halogens is 3. The van der Waals surface area contributed by atoms with Gasteiger partial charge in [0, 0.05) is 15.4 Å². The average Bonchev–Trinajstić information content (AvgIpc) is 2.04. The van der Waals surface area contributed by atoms with E-state index in [4.69, 9.17) is 0 Å². The van der Waals surface area contributed by atoms with Crippen LogP contribution in [0, 0.1) is 5.82 Å². The Labute approximate surface area is 88.4 Å². The highest BCUT2D eigenvalue weighted by Gasteiger charge is 2.04. The van der Waals surface area contributed by atoms with E-state index in [1.54, 1.807) is 6.07 Å². The highest BCUT2D eigenvalue weighted by molar-refractivity contribution is 9.10. The zero-order chi connectivity index (χ0) is 8.97. The molecule has 1 rings (SSSR count). The van der Waals surface area contributed by atoms with Gasteiger partial charge in [-0.05, 0) is 25.0 Å². The molecule has 0 nitrogen and oxygen atoms in total. The lowest BCUT2D eigenvalue weighted by Crippen LogP contribution is -1.92. The monoisotopic (exact) mass is 294 g/mol. The molecular formula is C9H9Br2F. The molecule has 0 saturated carbocycles. The summed E-state index contributed by atoms with van der Waals surface area (Å²) in [7, 11) is 0. The van der Waals surface area contributed by atoms with Gasteiger partial charge in [-0.2, -0.15) is 0 Å². The SMILES string of the molecule is Fc1cccc(Br)c1CCCBr. The Bertz CT molecular complexity index is 240. The molecule has 0 atom stereocenters. The van der Waals surface area contributed by atoms with Crippen LogP contribution in [0.25, 0.3) is 0 Å². The first-order chi connectivity index (χ1) is 5.75. The van der Waals surface area contributed by atoms with Gasteiger partial charge in [-0.1, -0.05) is 37.9 Å². The van der Waals surface area contributed by atoms with Crippen LogP contribution in [0.4, 0.5) is 4.39 Å². The fourth-order valence-corrected chi connectivity index (χ4v) is 1.84. The molecule has 0 heterocycles. The summed E-state index contributed by atoms with van der Waals surface area (Å²) in [5.74, 6) is -0.120. The summed E-state index contributed by atoms with van der Waals surface area (Å²) in [5, 5.41) is 0.910. The highest BCUT2D eigenvalue weighted by Crippen LogP contribution is 2.21. The number of rotatable bonds is 3. The molecule has 1 aromatic rings. The maximum atomic E-state index is 13.1. The van der Waals surface area contributed by atoms with Crippen LogP contribution in [0.1, 0.15) is 12.0 Å². The predicted octanol–water partition coefficient (Wildman–Crippen LogP) is 3.92. The van der Waals surface area contributed by atoms with Gasteiger partial charge in [0.05, 0.1) is 0 Å². The Balaban J connectivity index is 2.81. The van der Waals surface area contributed by atoms with Gasteiger partial charge in [-0.15, -0.1) is 0 Å². The molecule has 66 valence electrons. The molecule has 0 fully saturated rings. The maximum Gasteiger partial charge on any atom is 0.127 e. The lowest BCUT2D eigenvalue weighted by molar-refractivity contribution is 0.606. The van der Waals surface area contributed by atoms with E-state index >= 15 is 0 Å². The Morgan fingerprint density at radius 1 is 1.33 bits per heavy atom. The van der Waals surface area contributed by atoms with Crippen LogP contribution in [0.2, 0.25) is 0 Å². The third-order valence-corrected chi connectivity index (χ3v) is 2.93. The van der Waals surface area contributed by atoms with Crippen molar-refractivity contribution in [3.63, 3.8) is 0 Å². The first kappa shape index (κ1) is 10.2. The predicted molar refractivity (Wildman–Crippen MR) is 56.2 cm³/mol. The minimum atomic E-state index is -0.120. The standard InChI is InChI=1S/C9H9Br2F/c10-6-2-3-7-8(11)4-1-5-9(7)12/h1,4-5H,2-3,6H2. The summed E-state index contributed by atoms with van der Waals surface area (Å²) in [5.41, 5.74) is 0.775. The fraction of sp³-hybridized carbons (Fsp3) is 0.333. The van der Waals surface area contributed by atoms with E-state index in [1.807, 2.05) is 6.07 Å². The van der Waals surface area contributed by atoms with Crippen molar-refractivity contribution < 1.29 is 4.39 Å². The molecule has 0 saturated heterocycles. The minimum Gasteiger partial charge on any atom is -0.207 e. The third kappa shape index (κ3) is 2.56. The summed E-state index contributed by atoms with van der Waals surface area (Å²) in [6.07, 6.45) is 1.73. The molecule has 0 aromatic heterocycles. The highest BCUT2D eigenvalue weighted by atomic mass is 79.9. The van der Waals surface area contributed by atoms with Crippen LogP contribution in [0.3, 0.4) is 0 Å². The van der Waals surface area contributed by atoms with Crippen LogP contribution in [0.15, 0.2) is 22.7 Å². The van der Waals surface area contributed by atoms with E-state index in [0.717, 1.165) is 28.2 Å². The van der Waals surface area contributed by atoms with Gasteiger partial charge in [0.1, 0.15) is 5.82 Å². The summed E-state index contributed by atoms with van der Waals surface area (Å²) in [6, 6.07) is 5.07. The van der Waals surface area contributed by atoms with Crippen molar-refractivity contribution in [2.75, 3.05) is 5.33 Å². The molecule has 0 bridgehead atoms. The molecule has 3 heteroatoms. The van der Waals surface area contributed by atoms with Crippen LogP contribution in [-0.4, -0.2) is 5.33 Å². The fourth-order valence-electron chi connectivity index (χ4n) is 1.01. The Morgan fingerprint density at radius 3 is 2.67 bits per heavy atom. The zero-order valence-corrected chi connectivity index (χ0v) is 9.66. The van der Waals surface area contributed by atoms with Gasteiger partial charge in [0.15, 0.2) is 0 Å². The normalized spacial score (nSPS) is 10.2. The Kier molecular flexibility index (Phi) is 4.22. The summed E-state index contributed by atoms with van der Waals surface area (Å²) < 4.78 is 14.0. The van der Waals surface area contributed by atoms with Crippen LogP contribution < -0.4 is 0 Å². The lowest BCUT2D eigenvalue weighted by Gasteiger charge is -2.03. The van der Waals surface area contributed by atoms with Crippen molar-refractivity contribution >= 4 is 31.9 Å². The summed E-state index contributed by atoms with van der Waals surface area (Å²) in [6.45, 7) is 0. The van der Waals surface area contributed by atoms with Gasteiger partial charge in [0.2, 0.25) is 0 Å². The lowest BCUT2D eigenvalue weighted by atomic mass is 10.1. The summed E-state index contributed by atoms with van der Waals surface area (Å²) >= 11 is 6.64. The molecule has 0 spiro atoms. The van der Waals surface area contributed by atoms with Crippen molar-refractivity contribution in [1.82, 2.24) is 0 Å². The van der Waals surface area contributed by atoms with Gasteiger partial charge >= 0.3 is 0 Å². The second-order valence-corrected chi connectivity index (χ2v) is 4.14. The quantitative estimate of drug-likeness (QED) is 0.742. The maximum absolute atomic E-state index is 13.1. The van der Waals surface area contributed by atoms with Gasteiger partial charge in [-0.3, -0.25) is 0 Å². The van der Waals surface area contributed by atoms with Crippen molar-refractivity contribution in [3.8, 4) is 0 Å². The molecule has 1 aromatic carbocycles. The van der Waals surface area contributed by atoms with E-state index in [-0.39, 0.29) is 5.82 Å². The zero-order valence-electron chi connectivity index (χ0n) is 6.49. The number of benzene rings is 1. The molecule has 12 heavy (non-hydrogen) atoms. The molecule has 0 N–H and O–H groups in total. The molecular weight excluding hydrogens is 287 g/mol. The van der Waals surface area contributed by atoms with E-state index < -0.39 is 0 Å². The van der Waals surface area contributed by atoms with E-state index in [0.29, 0.717) is 0 Å². The van der Waals surface area contributed by atoms with Crippen molar-refractivity contribution in [3.05, 3.63) is 34.1 Å². The molecule has 0 unspecified atom stereocenters. The topological polar surface area (TPSA) is 0 Å². The van der Waals surface area contributed by atoms with Crippen molar-refractivity contribution in [1.29, 1.82) is 0 Å². The van der Waals surface area contributed by atoms with Crippen LogP contribution in [-0.2, 0) is 6.42 Å². The number of hydrogen-bond donors (Lipinski definition) is 0. The van der Waals surface area contributed by atoms with Gasteiger partial charge in [-0.25, -0.2) is 4.39 Å². The van der Waals surface area contributed by atoms with Crippen molar-refractivity contribution in [2.45, 2.75) is 12.8 Å². The largest absolute Gasteiger partial charge is 0.207 e. The molecule has 0 amide bonds. The van der Waals surface area contributed by atoms with Crippen LogP contribution in [0.5, 0.6) is 0 Å². The van der Waals surface area contributed by atoms with Crippen molar-refractivity contribution in [2.24, 2.45) is 0 Å². The smallest absolute Gasteiger partial charge is 0.127 e. The second kappa shape index (κ2) is 4.97. The molecule has 0 radical (unpaired) electrons. The van der Waals surface area contributed by atoms with E-state index in [2.05, 4.69) is 31.9 Å². The average molecular weight is 296 g/mol. The molecule has 0 aliphatic rings. The van der Waals surface area contributed by atoms with E-state index in [9.17, 15) is 4.39 Å².